The first-order valence-corrected chi connectivity index (χ1v) is 6.59. The van der Waals surface area contributed by atoms with Crippen molar-refractivity contribution in [2.45, 2.75) is 6.92 Å². The Labute approximate surface area is 132 Å². The Bertz CT molecular complexity index is 751. The van der Waals surface area contributed by atoms with E-state index in [4.69, 9.17) is 4.52 Å². The molecule has 1 N–H and O–H groups in total. The molecular formula is C15H15N3O5. The van der Waals surface area contributed by atoms with Crippen LogP contribution in [0.25, 0.3) is 11.5 Å². The molecule has 0 bridgehead atoms. The molecule has 1 aromatic heterocycles. The minimum absolute atomic E-state index is 0.0572. The number of ether oxygens (including phenoxy) is 2. The van der Waals surface area contributed by atoms with Crippen molar-refractivity contribution < 1.29 is 23.6 Å². The molecule has 2 rings (SSSR count). The normalized spacial score (nSPS) is 11.0. The van der Waals surface area contributed by atoms with Gasteiger partial charge in [-0.2, -0.15) is 4.98 Å². The number of methoxy groups -OCH3 is 2. The van der Waals surface area contributed by atoms with Gasteiger partial charge in [-0.15, -0.1) is 0 Å². The molecule has 23 heavy (non-hydrogen) atoms. The zero-order valence-electron chi connectivity index (χ0n) is 12.8. The number of benzene rings is 1. The summed E-state index contributed by atoms with van der Waals surface area (Å²) in [6.07, 6.45) is 1.01. The summed E-state index contributed by atoms with van der Waals surface area (Å²) in [7, 11) is 2.43. The molecule has 8 heteroatoms. The number of carbonyl (C=O) groups excluding carboxylic acids is 2. The van der Waals surface area contributed by atoms with E-state index in [0.717, 1.165) is 6.08 Å². The molecule has 1 aromatic carbocycles. The molecule has 8 nitrogen and oxygen atoms in total. The lowest BCUT2D eigenvalue weighted by Gasteiger charge is -2.09. The van der Waals surface area contributed by atoms with Gasteiger partial charge in [-0.05, 0) is 25.1 Å². The topological polar surface area (TPSA) is 104 Å². The van der Waals surface area contributed by atoms with Crippen molar-refractivity contribution in [2.24, 2.45) is 0 Å². The standard InChI is InChI=1S/C15H15N3O5/c1-9-16-14(23-18-9)10-5-4-6-11(7-10)17-12(15(20)22-3)8-13(19)21-2/h4-8,17H,1-3H3/b12-8+. The fourth-order valence-electron chi connectivity index (χ4n) is 1.73. The zero-order chi connectivity index (χ0) is 16.8. The third-order valence-electron chi connectivity index (χ3n) is 2.78. The van der Waals surface area contributed by atoms with Crippen molar-refractivity contribution in [1.29, 1.82) is 0 Å². The highest BCUT2D eigenvalue weighted by molar-refractivity contribution is 5.98. The van der Waals surface area contributed by atoms with Crippen LogP contribution in [-0.4, -0.2) is 36.3 Å². The summed E-state index contributed by atoms with van der Waals surface area (Å²) >= 11 is 0. The van der Waals surface area contributed by atoms with Gasteiger partial charge in [0, 0.05) is 11.3 Å². The predicted molar refractivity (Wildman–Crippen MR) is 80.2 cm³/mol. The summed E-state index contributed by atoms with van der Waals surface area (Å²) in [5.41, 5.74) is 1.15. The number of rotatable bonds is 5. The van der Waals surface area contributed by atoms with Crippen LogP contribution < -0.4 is 5.32 Å². The third-order valence-corrected chi connectivity index (χ3v) is 2.78. The number of aromatic nitrogens is 2. The highest BCUT2D eigenvalue weighted by Crippen LogP contribution is 2.22. The number of aryl methyl sites for hydroxylation is 1. The van der Waals surface area contributed by atoms with E-state index >= 15 is 0 Å². The van der Waals surface area contributed by atoms with Gasteiger partial charge >= 0.3 is 11.9 Å². The minimum atomic E-state index is -0.700. The van der Waals surface area contributed by atoms with Gasteiger partial charge in [0.1, 0.15) is 5.70 Å². The number of nitrogens with one attached hydrogen (secondary N) is 1. The van der Waals surface area contributed by atoms with E-state index in [1.165, 1.54) is 14.2 Å². The van der Waals surface area contributed by atoms with Crippen molar-refractivity contribution in [3.63, 3.8) is 0 Å². The molecule has 0 aliphatic heterocycles. The molecule has 0 amide bonds. The van der Waals surface area contributed by atoms with Crippen LogP contribution in [-0.2, 0) is 19.1 Å². The second kappa shape index (κ2) is 7.21. The number of hydrogen-bond acceptors (Lipinski definition) is 8. The van der Waals surface area contributed by atoms with Crippen LogP contribution in [0.15, 0.2) is 40.6 Å². The maximum absolute atomic E-state index is 11.7. The molecule has 0 unspecified atom stereocenters. The fraction of sp³-hybridized carbons (Fsp3) is 0.200. The second-order valence-electron chi connectivity index (χ2n) is 4.43. The lowest BCUT2D eigenvalue weighted by molar-refractivity contribution is -0.138. The number of nitrogens with zero attached hydrogens (tertiary/aromatic N) is 2. The Kier molecular flexibility index (Phi) is 5.08. The van der Waals surface area contributed by atoms with Gasteiger partial charge in [-0.3, -0.25) is 0 Å². The predicted octanol–water partition coefficient (Wildman–Crippen LogP) is 1.69. The van der Waals surface area contributed by atoms with Gasteiger partial charge in [-0.1, -0.05) is 11.2 Å². The van der Waals surface area contributed by atoms with Crippen molar-refractivity contribution in [3.8, 4) is 11.5 Å². The number of esters is 2. The monoisotopic (exact) mass is 317 g/mol. The number of hydrogen-bond donors (Lipinski definition) is 1. The first kappa shape index (κ1) is 16.2. The van der Waals surface area contributed by atoms with Gasteiger partial charge in [0.15, 0.2) is 5.82 Å². The van der Waals surface area contributed by atoms with Crippen LogP contribution in [0.5, 0.6) is 0 Å². The van der Waals surface area contributed by atoms with E-state index in [1.807, 2.05) is 0 Å². The Morgan fingerprint density at radius 2 is 2.04 bits per heavy atom. The zero-order valence-corrected chi connectivity index (χ0v) is 12.8. The van der Waals surface area contributed by atoms with E-state index < -0.39 is 11.9 Å². The lowest BCUT2D eigenvalue weighted by Crippen LogP contribution is -2.15. The minimum Gasteiger partial charge on any atom is -0.466 e. The largest absolute Gasteiger partial charge is 0.466 e. The first-order valence-electron chi connectivity index (χ1n) is 6.59. The summed E-state index contributed by atoms with van der Waals surface area (Å²) in [4.78, 5) is 27.2. The number of anilines is 1. The van der Waals surface area contributed by atoms with Crippen LogP contribution in [0.2, 0.25) is 0 Å². The Hall–Kier alpha value is -3.16. The van der Waals surface area contributed by atoms with Gasteiger partial charge < -0.3 is 19.3 Å². The van der Waals surface area contributed by atoms with E-state index in [0.29, 0.717) is 23.0 Å². The van der Waals surface area contributed by atoms with Crippen molar-refractivity contribution in [3.05, 3.63) is 41.9 Å². The SMILES string of the molecule is COC(=O)/C=C(/Nc1cccc(-c2nc(C)no2)c1)C(=O)OC. The van der Waals surface area contributed by atoms with Crippen LogP contribution in [0, 0.1) is 6.92 Å². The fourth-order valence-corrected chi connectivity index (χ4v) is 1.73. The van der Waals surface area contributed by atoms with Crippen LogP contribution in [0.3, 0.4) is 0 Å². The molecule has 0 atom stereocenters. The lowest BCUT2D eigenvalue weighted by atomic mass is 10.2. The van der Waals surface area contributed by atoms with Gasteiger partial charge in [0.2, 0.25) is 0 Å². The van der Waals surface area contributed by atoms with E-state index in [-0.39, 0.29) is 5.70 Å². The van der Waals surface area contributed by atoms with Crippen molar-refractivity contribution >= 4 is 17.6 Å². The summed E-state index contributed by atoms with van der Waals surface area (Å²) in [5.74, 6) is -0.516. The van der Waals surface area contributed by atoms with Gasteiger partial charge in [0.05, 0.1) is 20.3 Å². The van der Waals surface area contributed by atoms with Crippen LogP contribution >= 0.6 is 0 Å². The molecule has 0 saturated carbocycles. The quantitative estimate of drug-likeness (QED) is 0.656. The highest BCUT2D eigenvalue weighted by Gasteiger charge is 2.14. The average Bonchev–Trinajstić information content (AvgIpc) is 3.00. The van der Waals surface area contributed by atoms with Gasteiger partial charge in [0.25, 0.3) is 5.89 Å². The Balaban J connectivity index is 2.28. The third kappa shape index (κ3) is 4.16. The molecule has 2 aromatic rings. The molecule has 0 aliphatic rings. The summed E-state index contributed by atoms with van der Waals surface area (Å²) in [6.45, 7) is 1.71. The molecule has 120 valence electrons. The van der Waals surface area contributed by atoms with E-state index in [1.54, 1.807) is 31.2 Å². The smallest absolute Gasteiger partial charge is 0.354 e. The first-order chi connectivity index (χ1) is 11.0. The molecule has 0 fully saturated rings. The van der Waals surface area contributed by atoms with E-state index in [2.05, 4.69) is 24.9 Å². The molecule has 0 aliphatic carbocycles. The molecular weight excluding hydrogens is 302 g/mol. The maximum Gasteiger partial charge on any atom is 0.354 e. The molecule has 0 spiro atoms. The van der Waals surface area contributed by atoms with Crippen LogP contribution in [0.4, 0.5) is 5.69 Å². The number of carbonyl (C=O) groups is 2. The van der Waals surface area contributed by atoms with E-state index in [9.17, 15) is 9.59 Å². The maximum atomic E-state index is 11.7. The van der Waals surface area contributed by atoms with Gasteiger partial charge in [-0.25, -0.2) is 9.59 Å². The summed E-state index contributed by atoms with van der Waals surface area (Å²) in [5, 5.41) is 6.53. The van der Waals surface area contributed by atoms with Crippen molar-refractivity contribution in [2.75, 3.05) is 19.5 Å². The molecule has 0 radical (unpaired) electrons. The van der Waals surface area contributed by atoms with Crippen LogP contribution in [0.1, 0.15) is 5.82 Å². The molecule has 1 heterocycles. The molecule has 0 saturated heterocycles. The highest BCUT2D eigenvalue weighted by atomic mass is 16.5. The Morgan fingerprint density at radius 3 is 2.65 bits per heavy atom. The average molecular weight is 317 g/mol. The second-order valence-corrected chi connectivity index (χ2v) is 4.43. The summed E-state index contributed by atoms with van der Waals surface area (Å²) in [6, 6.07) is 6.92. The van der Waals surface area contributed by atoms with Crippen molar-refractivity contribution in [1.82, 2.24) is 10.1 Å². The Morgan fingerprint density at radius 1 is 1.26 bits per heavy atom. The summed E-state index contributed by atoms with van der Waals surface area (Å²) < 4.78 is 14.2.